The summed E-state index contributed by atoms with van der Waals surface area (Å²) in [5.74, 6) is 0.0826. The van der Waals surface area contributed by atoms with E-state index >= 15 is 0 Å². The van der Waals surface area contributed by atoms with Crippen molar-refractivity contribution >= 4 is 12.1 Å². The second-order valence-electron chi connectivity index (χ2n) is 9.58. The number of nitrogens with one attached hydrogen (secondary N) is 3. The van der Waals surface area contributed by atoms with Gasteiger partial charge in [-0.15, -0.1) is 0 Å². The van der Waals surface area contributed by atoms with Crippen LogP contribution in [0.3, 0.4) is 0 Å². The summed E-state index contributed by atoms with van der Waals surface area (Å²) in [4.78, 5) is 26.6. The van der Waals surface area contributed by atoms with Crippen molar-refractivity contribution in [2.75, 3.05) is 60.2 Å². The lowest BCUT2D eigenvalue weighted by Gasteiger charge is -2.42. The Bertz CT molecular complexity index is 823. The van der Waals surface area contributed by atoms with Crippen LogP contribution in [0.25, 0.3) is 0 Å². The molecular weight excluding hydrogens is 467 g/mol. The maximum absolute atomic E-state index is 14.2. The average Bonchev–Trinajstić information content (AvgIpc) is 2.88. The first-order chi connectivity index (χ1) is 17.5. The summed E-state index contributed by atoms with van der Waals surface area (Å²) < 4.78 is 30.6. The molecule has 3 rings (SSSR count). The monoisotopic (exact) mass is 508 g/mol. The van der Waals surface area contributed by atoms with Gasteiger partial charge < -0.3 is 35.1 Å². The minimum absolute atomic E-state index is 0.0132. The van der Waals surface area contributed by atoms with E-state index in [2.05, 4.69) is 16.0 Å². The molecule has 0 aliphatic carbocycles. The molecular formula is C26H41FN4O5. The maximum atomic E-state index is 14.2. The molecule has 0 spiro atoms. The summed E-state index contributed by atoms with van der Waals surface area (Å²) >= 11 is 0. The molecule has 0 bridgehead atoms. The fraction of sp³-hybridized carbons (Fsp3) is 0.692. The largest absolute Gasteiger partial charge is 0.447 e. The number of alkyl carbamates (subject to hydrolysis) is 1. The quantitative estimate of drug-likeness (QED) is 0.397. The molecule has 0 aromatic heterocycles. The van der Waals surface area contributed by atoms with Crippen LogP contribution in [0.5, 0.6) is 0 Å². The third kappa shape index (κ3) is 8.60. The van der Waals surface area contributed by atoms with Crippen molar-refractivity contribution in [3.63, 3.8) is 0 Å². The van der Waals surface area contributed by atoms with Gasteiger partial charge in [-0.3, -0.25) is 0 Å². The molecule has 9 nitrogen and oxygen atoms in total. The van der Waals surface area contributed by atoms with Gasteiger partial charge in [-0.05, 0) is 62.8 Å². The first-order valence-corrected chi connectivity index (χ1v) is 13.0. The molecule has 0 saturated carbocycles. The van der Waals surface area contributed by atoms with Crippen LogP contribution >= 0.6 is 0 Å². The molecule has 202 valence electrons. The van der Waals surface area contributed by atoms with Crippen molar-refractivity contribution in [1.29, 1.82) is 0 Å². The summed E-state index contributed by atoms with van der Waals surface area (Å²) in [7, 11) is 3.38. The number of likely N-dealkylation sites (N-methyl/N-ethyl adjacent to an activating group) is 1. The van der Waals surface area contributed by atoms with Crippen LogP contribution in [-0.2, 0) is 14.2 Å². The molecule has 2 aliphatic heterocycles. The molecule has 10 heteroatoms. The number of piperidine rings is 1. The highest BCUT2D eigenvalue weighted by Crippen LogP contribution is 2.37. The van der Waals surface area contributed by atoms with Crippen LogP contribution < -0.4 is 16.0 Å². The van der Waals surface area contributed by atoms with Crippen molar-refractivity contribution < 1.29 is 28.2 Å². The van der Waals surface area contributed by atoms with Crippen molar-refractivity contribution in [1.82, 2.24) is 20.9 Å². The number of urea groups is 1. The van der Waals surface area contributed by atoms with E-state index in [0.29, 0.717) is 25.6 Å². The van der Waals surface area contributed by atoms with Crippen molar-refractivity contribution in [2.24, 2.45) is 11.8 Å². The van der Waals surface area contributed by atoms with E-state index in [4.69, 9.17) is 14.2 Å². The van der Waals surface area contributed by atoms with Gasteiger partial charge in [-0.25, -0.2) is 14.0 Å². The van der Waals surface area contributed by atoms with Crippen LogP contribution in [0.1, 0.15) is 43.7 Å². The Morgan fingerprint density at radius 2 is 2.08 bits per heavy atom. The molecule has 2 heterocycles. The Kier molecular flexibility index (Phi) is 11.7. The maximum Gasteiger partial charge on any atom is 0.406 e. The van der Waals surface area contributed by atoms with Gasteiger partial charge in [0.2, 0.25) is 0 Å². The van der Waals surface area contributed by atoms with Gasteiger partial charge >= 0.3 is 12.1 Å². The topological polar surface area (TPSA) is 101 Å². The second-order valence-corrected chi connectivity index (χ2v) is 9.58. The first kappa shape index (κ1) is 28.1. The number of halogens is 1. The molecule has 4 atom stereocenters. The molecule has 2 aliphatic rings. The van der Waals surface area contributed by atoms with Gasteiger partial charge in [0.1, 0.15) is 12.4 Å². The number of rotatable bonds is 11. The van der Waals surface area contributed by atoms with E-state index in [1.807, 2.05) is 18.0 Å². The molecule has 3 amide bonds. The van der Waals surface area contributed by atoms with Gasteiger partial charge in [0.25, 0.3) is 0 Å². The molecule has 2 fully saturated rings. The predicted octanol–water partition coefficient (Wildman–Crippen LogP) is 3.07. The lowest BCUT2D eigenvalue weighted by molar-refractivity contribution is 0.0163. The van der Waals surface area contributed by atoms with E-state index in [1.165, 1.54) is 19.2 Å². The van der Waals surface area contributed by atoms with Crippen LogP contribution in [0.2, 0.25) is 0 Å². The van der Waals surface area contributed by atoms with E-state index < -0.39 is 6.09 Å². The molecule has 36 heavy (non-hydrogen) atoms. The standard InChI is InChI=1S/C26H41FN4O5/c1-28-16-23(14-19-6-5-11-34-17-19)30-25(32)31-10-4-8-21(18-35-12-13-36-26(33)29-2)24(31)20-7-3-9-22(27)15-20/h3,7,9,15,19,21,23-24,28H,4-6,8,10-14,16-18H2,1-2H3,(H,29,33)(H,30,32)/t19-,21-,23-,24-/m0/s1. The minimum Gasteiger partial charge on any atom is -0.447 e. The zero-order valence-corrected chi connectivity index (χ0v) is 21.5. The zero-order chi connectivity index (χ0) is 25.8. The summed E-state index contributed by atoms with van der Waals surface area (Å²) in [6.45, 7) is 3.55. The Balaban J connectivity index is 1.68. The Morgan fingerprint density at radius 1 is 1.22 bits per heavy atom. The summed E-state index contributed by atoms with van der Waals surface area (Å²) in [6, 6.07) is 5.97. The average molecular weight is 509 g/mol. The number of nitrogens with zero attached hydrogens (tertiary/aromatic N) is 1. The number of hydrogen-bond acceptors (Lipinski definition) is 6. The van der Waals surface area contributed by atoms with E-state index in [0.717, 1.165) is 50.9 Å². The second kappa shape index (κ2) is 15.0. The summed E-state index contributed by atoms with van der Waals surface area (Å²) in [6.07, 6.45) is 4.18. The number of likely N-dealkylation sites (tertiary alicyclic amines) is 1. The number of hydrogen-bond donors (Lipinski definition) is 3. The molecule has 2 saturated heterocycles. The van der Waals surface area contributed by atoms with Crippen molar-refractivity contribution in [3.8, 4) is 0 Å². The third-order valence-electron chi connectivity index (χ3n) is 6.85. The van der Waals surface area contributed by atoms with Crippen LogP contribution in [0.4, 0.5) is 14.0 Å². The lowest BCUT2D eigenvalue weighted by Crippen LogP contribution is -2.53. The highest BCUT2D eigenvalue weighted by molar-refractivity contribution is 5.75. The van der Waals surface area contributed by atoms with Gasteiger partial charge in [0.15, 0.2) is 0 Å². The van der Waals surface area contributed by atoms with Gasteiger partial charge in [0.05, 0.1) is 19.3 Å². The minimum atomic E-state index is -0.507. The molecule has 0 radical (unpaired) electrons. The van der Waals surface area contributed by atoms with E-state index in [9.17, 15) is 14.0 Å². The van der Waals surface area contributed by atoms with Crippen molar-refractivity contribution in [2.45, 2.75) is 44.2 Å². The highest BCUT2D eigenvalue weighted by atomic mass is 19.1. The number of ether oxygens (including phenoxy) is 3. The first-order valence-electron chi connectivity index (χ1n) is 13.0. The van der Waals surface area contributed by atoms with Crippen molar-refractivity contribution in [3.05, 3.63) is 35.6 Å². The molecule has 0 unspecified atom stereocenters. The number of benzene rings is 1. The SMILES string of the molecule is CNC[C@H](C[C@@H]1CCCOC1)NC(=O)N1CCC[C@@H](COCCOC(=O)NC)[C@@H]1c1cccc(F)c1. The fourth-order valence-electron chi connectivity index (χ4n) is 5.21. The number of carbonyl (C=O) groups excluding carboxylic acids is 2. The van der Waals surface area contributed by atoms with Crippen LogP contribution in [0, 0.1) is 17.7 Å². The summed E-state index contributed by atoms with van der Waals surface area (Å²) in [5.41, 5.74) is 0.755. The normalized spacial score (nSPS) is 23.1. The number of carbonyl (C=O) groups is 2. The third-order valence-corrected chi connectivity index (χ3v) is 6.85. The predicted molar refractivity (Wildman–Crippen MR) is 134 cm³/mol. The highest BCUT2D eigenvalue weighted by Gasteiger charge is 2.36. The Morgan fingerprint density at radius 3 is 2.81 bits per heavy atom. The fourth-order valence-corrected chi connectivity index (χ4v) is 5.21. The van der Waals surface area contributed by atoms with Gasteiger partial charge in [0, 0.05) is 45.3 Å². The summed E-state index contributed by atoms with van der Waals surface area (Å²) in [5, 5.41) is 8.82. The number of amides is 3. The van der Waals surface area contributed by atoms with E-state index in [-0.39, 0.29) is 43.1 Å². The van der Waals surface area contributed by atoms with Gasteiger partial charge in [-0.2, -0.15) is 0 Å². The van der Waals surface area contributed by atoms with Crippen LogP contribution in [-0.4, -0.2) is 83.3 Å². The Hall–Kier alpha value is -2.43. The van der Waals surface area contributed by atoms with Gasteiger partial charge in [-0.1, -0.05) is 12.1 Å². The molecule has 3 N–H and O–H groups in total. The smallest absolute Gasteiger partial charge is 0.406 e. The Labute approximate surface area is 213 Å². The zero-order valence-electron chi connectivity index (χ0n) is 21.5. The lowest BCUT2D eigenvalue weighted by atomic mass is 9.85. The molecule has 1 aromatic rings. The van der Waals surface area contributed by atoms with Crippen LogP contribution in [0.15, 0.2) is 24.3 Å². The van der Waals surface area contributed by atoms with E-state index in [1.54, 1.807) is 6.07 Å². The molecule has 1 aromatic carbocycles.